The summed E-state index contributed by atoms with van der Waals surface area (Å²) >= 11 is 0. The molecule has 0 N–H and O–H groups in total. The lowest BCUT2D eigenvalue weighted by Gasteiger charge is -2.05. The van der Waals surface area contributed by atoms with E-state index < -0.39 is 0 Å². The summed E-state index contributed by atoms with van der Waals surface area (Å²) in [7, 11) is 0. The van der Waals surface area contributed by atoms with Crippen LogP contribution in [0, 0.1) is 13.8 Å². The van der Waals surface area contributed by atoms with Gasteiger partial charge in [0, 0.05) is 0 Å². The number of hydrogen-bond acceptors (Lipinski definition) is 0. The molecule has 0 heterocycles. The Bertz CT molecular complexity index is 589. The van der Waals surface area contributed by atoms with E-state index in [2.05, 4.69) is 75.0 Å². The van der Waals surface area contributed by atoms with E-state index >= 15 is 0 Å². The van der Waals surface area contributed by atoms with Crippen molar-refractivity contribution in [3.8, 4) is 0 Å². The minimum Gasteiger partial charge on any atom is -0.0984 e. The maximum Gasteiger partial charge on any atom is -0.0155 e. The van der Waals surface area contributed by atoms with Gasteiger partial charge in [0.2, 0.25) is 0 Å². The molecule has 0 heteroatoms. The normalized spacial score (nSPS) is 10.8. The van der Waals surface area contributed by atoms with E-state index in [-0.39, 0.29) is 0 Å². The highest BCUT2D eigenvalue weighted by atomic mass is 14.0. The molecule has 0 saturated heterocycles. The standard InChI is InChI=1S/C18H18/c1-4-16-11-7-9-15(3)18(16)13-12-17-10-6-5-8-14(17)2/h4-13H,1H2,2-3H3. The van der Waals surface area contributed by atoms with E-state index in [0.717, 1.165) is 0 Å². The summed E-state index contributed by atoms with van der Waals surface area (Å²) in [6.45, 7) is 8.13. The maximum atomic E-state index is 3.87. The van der Waals surface area contributed by atoms with Gasteiger partial charge >= 0.3 is 0 Å². The molecule has 0 radical (unpaired) electrons. The summed E-state index contributed by atoms with van der Waals surface area (Å²) in [5, 5.41) is 0. The fourth-order valence-corrected chi connectivity index (χ4v) is 2.06. The molecule has 0 unspecified atom stereocenters. The second kappa shape index (κ2) is 5.50. The second-order valence-corrected chi connectivity index (χ2v) is 4.47. The predicted molar refractivity (Wildman–Crippen MR) is 81.4 cm³/mol. The molecule has 0 spiro atoms. The van der Waals surface area contributed by atoms with Crippen LogP contribution in [-0.2, 0) is 0 Å². The highest BCUT2D eigenvalue weighted by molar-refractivity contribution is 5.77. The van der Waals surface area contributed by atoms with Crippen molar-refractivity contribution in [2.45, 2.75) is 13.8 Å². The van der Waals surface area contributed by atoms with Gasteiger partial charge in [0.25, 0.3) is 0 Å². The van der Waals surface area contributed by atoms with Gasteiger partial charge in [-0.25, -0.2) is 0 Å². The van der Waals surface area contributed by atoms with Crippen LogP contribution in [0.4, 0.5) is 0 Å². The van der Waals surface area contributed by atoms with Crippen LogP contribution in [0.25, 0.3) is 18.2 Å². The number of rotatable bonds is 3. The molecule has 0 aliphatic heterocycles. The summed E-state index contributed by atoms with van der Waals surface area (Å²) in [5.74, 6) is 0. The third kappa shape index (κ3) is 2.60. The topological polar surface area (TPSA) is 0 Å². The lowest BCUT2D eigenvalue weighted by molar-refractivity contribution is 1.42. The average Bonchev–Trinajstić information content (AvgIpc) is 2.39. The van der Waals surface area contributed by atoms with Crippen LogP contribution >= 0.6 is 0 Å². The molecule has 0 aliphatic carbocycles. The lowest BCUT2D eigenvalue weighted by atomic mass is 10.00. The van der Waals surface area contributed by atoms with Gasteiger partial charge in [-0.05, 0) is 41.7 Å². The quantitative estimate of drug-likeness (QED) is 0.647. The van der Waals surface area contributed by atoms with Crippen molar-refractivity contribution < 1.29 is 0 Å². The summed E-state index contributed by atoms with van der Waals surface area (Å²) in [4.78, 5) is 0. The van der Waals surface area contributed by atoms with Crippen molar-refractivity contribution >= 4 is 18.2 Å². The molecule has 0 fully saturated rings. The molecule has 0 aliphatic rings. The second-order valence-electron chi connectivity index (χ2n) is 4.47. The van der Waals surface area contributed by atoms with Crippen LogP contribution < -0.4 is 0 Å². The van der Waals surface area contributed by atoms with Crippen LogP contribution in [0.2, 0.25) is 0 Å². The largest absolute Gasteiger partial charge is 0.0984 e. The molecule has 2 aromatic rings. The van der Waals surface area contributed by atoms with Gasteiger partial charge < -0.3 is 0 Å². The molecule has 0 atom stereocenters. The molecule has 2 rings (SSSR count). The Balaban J connectivity index is 2.41. The van der Waals surface area contributed by atoms with E-state index in [1.54, 1.807) is 0 Å². The zero-order valence-corrected chi connectivity index (χ0v) is 11.0. The van der Waals surface area contributed by atoms with Gasteiger partial charge in [0.05, 0.1) is 0 Å². The van der Waals surface area contributed by atoms with Gasteiger partial charge in [0.1, 0.15) is 0 Å². The number of benzene rings is 2. The van der Waals surface area contributed by atoms with Crippen LogP contribution in [-0.4, -0.2) is 0 Å². The molecule has 0 amide bonds. The highest BCUT2D eigenvalue weighted by Gasteiger charge is 1.99. The van der Waals surface area contributed by atoms with Crippen molar-refractivity contribution in [2.75, 3.05) is 0 Å². The Labute approximate surface area is 109 Å². The van der Waals surface area contributed by atoms with E-state index in [4.69, 9.17) is 0 Å². The van der Waals surface area contributed by atoms with Crippen LogP contribution in [0.3, 0.4) is 0 Å². The maximum absolute atomic E-state index is 3.87. The summed E-state index contributed by atoms with van der Waals surface area (Å²) in [6, 6.07) is 14.7. The molecule has 0 saturated carbocycles. The molecule has 2 aromatic carbocycles. The molecular formula is C18H18. The van der Waals surface area contributed by atoms with E-state index in [1.165, 1.54) is 27.8 Å². The molecule has 18 heavy (non-hydrogen) atoms. The first-order valence-electron chi connectivity index (χ1n) is 6.18. The monoisotopic (exact) mass is 234 g/mol. The van der Waals surface area contributed by atoms with Crippen LogP contribution in [0.5, 0.6) is 0 Å². The summed E-state index contributed by atoms with van der Waals surface area (Å²) in [5.41, 5.74) is 6.26. The predicted octanol–water partition coefficient (Wildman–Crippen LogP) is 5.12. The Morgan fingerprint density at radius 1 is 0.778 bits per heavy atom. The highest BCUT2D eigenvalue weighted by Crippen LogP contribution is 2.19. The molecule has 0 aromatic heterocycles. The third-order valence-corrected chi connectivity index (χ3v) is 3.20. The smallest absolute Gasteiger partial charge is 0.0155 e. The van der Waals surface area contributed by atoms with Crippen molar-refractivity contribution in [2.24, 2.45) is 0 Å². The fourth-order valence-electron chi connectivity index (χ4n) is 2.06. The zero-order valence-electron chi connectivity index (χ0n) is 11.0. The van der Waals surface area contributed by atoms with Crippen LogP contribution in [0.15, 0.2) is 49.0 Å². The van der Waals surface area contributed by atoms with Gasteiger partial charge in [0.15, 0.2) is 0 Å². The van der Waals surface area contributed by atoms with Gasteiger partial charge in [-0.15, -0.1) is 0 Å². The molecule has 90 valence electrons. The van der Waals surface area contributed by atoms with Crippen molar-refractivity contribution in [3.63, 3.8) is 0 Å². The Hall–Kier alpha value is -2.08. The first kappa shape index (κ1) is 12.4. The minimum atomic E-state index is 1.18. The molecule has 0 bridgehead atoms. The van der Waals surface area contributed by atoms with Crippen LogP contribution in [0.1, 0.15) is 27.8 Å². The zero-order chi connectivity index (χ0) is 13.0. The van der Waals surface area contributed by atoms with Gasteiger partial charge in [-0.1, -0.05) is 67.3 Å². The lowest BCUT2D eigenvalue weighted by Crippen LogP contribution is -1.85. The summed E-state index contributed by atoms with van der Waals surface area (Å²) < 4.78 is 0. The average molecular weight is 234 g/mol. The fraction of sp³-hybridized carbons (Fsp3) is 0.111. The molecular weight excluding hydrogens is 216 g/mol. The SMILES string of the molecule is C=Cc1cccc(C)c1C=Cc1ccccc1C. The first-order chi connectivity index (χ1) is 8.72. The first-order valence-corrected chi connectivity index (χ1v) is 6.18. The Kier molecular flexibility index (Phi) is 3.78. The summed E-state index contributed by atoms with van der Waals surface area (Å²) in [6.07, 6.45) is 6.25. The van der Waals surface area contributed by atoms with Gasteiger partial charge in [-0.3, -0.25) is 0 Å². The van der Waals surface area contributed by atoms with E-state index in [0.29, 0.717) is 0 Å². The Morgan fingerprint density at radius 2 is 1.44 bits per heavy atom. The third-order valence-electron chi connectivity index (χ3n) is 3.20. The van der Waals surface area contributed by atoms with Crippen molar-refractivity contribution in [1.82, 2.24) is 0 Å². The number of aryl methyl sites for hydroxylation is 2. The van der Waals surface area contributed by atoms with E-state index in [1.807, 2.05) is 6.08 Å². The van der Waals surface area contributed by atoms with Crippen molar-refractivity contribution in [1.29, 1.82) is 0 Å². The van der Waals surface area contributed by atoms with E-state index in [9.17, 15) is 0 Å². The minimum absolute atomic E-state index is 1.18. The number of hydrogen-bond donors (Lipinski definition) is 0. The molecule has 0 nitrogen and oxygen atoms in total. The Morgan fingerprint density at radius 3 is 2.17 bits per heavy atom. The van der Waals surface area contributed by atoms with Crippen molar-refractivity contribution in [3.05, 3.63) is 76.9 Å². The van der Waals surface area contributed by atoms with Gasteiger partial charge in [-0.2, -0.15) is 0 Å².